The Bertz CT molecular complexity index is 1410. The number of nitrogens with one attached hydrogen (secondary N) is 1. The van der Waals surface area contributed by atoms with E-state index in [-0.39, 0.29) is 6.61 Å². The molecule has 0 aliphatic carbocycles. The summed E-state index contributed by atoms with van der Waals surface area (Å²) in [7, 11) is 0. The van der Waals surface area contributed by atoms with Gasteiger partial charge in [0.2, 0.25) is 5.91 Å². The number of fused-ring (bicyclic) bond motifs is 1. The van der Waals surface area contributed by atoms with Gasteiger partial charge in [-0.3, -0.25) is 19.2 Å². The van der Waals surface area contributed by atoms with E-state index in [0.717, 1.165) is 16.8 Å². The van der Waals surface area contributed by atoms with Crippen molar-refractivity contribution < 1.29 is 42.9 Å². The molecule has 3 aromatic rings. The number of amides is 1. The molecule has 0 spiro atoms. The molecule has 5 atom stereocenters. The number of carbonyl (C=O) groups is 4. The van der Waals surface area contributed by atoms with Gasteiger partial charge in [0, 0.05) is 27.7 Å². The van der Waals surface area contributed by atoms with E-state index in [9.17, 15) is 19.2 Å². The number of nitrogens with zero attached hydrogens (tertiary/aromatic N) is 2. The van der Waals surface area contributed by atoms with E-state index < -0.39 is 53.6 Å². The number of hydrogen-bond donors (Lipinski definition) is 1. The molecule has 12 nitrogen and oxygen atoms in total. The summed E-state index contributed by atoms with van der Waals surface area (Å²) in [4.78, 5) is 53.0. The number of imidazole rings is 1. The van der Waals surface area contributed by atoms with Crippen molar-refractivity contribution in [1.82, 2.24) is 14.9 Å². The van der Waals surface area contributed by atoms with Crippen molar-refractivity contribution >= 4 is 46.6 Å². The summed E-state index contributed by atoms with van der Waals surface area (Å²) < 4.78 is 30.5. The zero-order chi connectivity index (χ0) is 30.2. The molecule has 1 N–H and O–H groups in total. The van der Waals surface area contributed by atoms with E-state index in [1.165, 1.54) is 39.5 Å². The number of esters is 3. The van der Waals surface area contributed by atoms with Crippen molar-refractivity contribution in [2.45, 2.75) is 69.2 Å². The molecule has 1 aromatic heterocycles. The summed E-state index contributed by atoms with van der Waals surface area (Å²) in [5.74, 6) is -1.59. The highest BCUT2D eigenvalue weighted by Gasteiger charge is 2.51. The van der Waals surface area contributed by atoms with Gasteiger partial charge in [-0.15, -0.1) is 0 Å². The van der Waals surface area contributed by atoms with Crippen LogP contribution in [0.5, 0.6) is 5.75 Å². The molecule has 0 bridgehead atoms. The summed E-state index contributed by atoms with van der Waals surface area (Å²) >= 11 is 1.19. The van der Waals surface area contributed by atoms with Gasteiger partial charge in [0.1, 0.15) is 36.5 Å². The van der Waals surface area contributed by atoms with Crippen molar-refractivity contribution in [3.05, 3.63) is 54.6 Å². The Labute approximate surface area is 247 Å². The van der Waals surface area contributed by atoms with Crippen molar-refractivity contribution in [3.8, 4) is 5.75 Å². The molecular weight excluding hydrogens is 566 g/mol. The van der Waals surface area contributed by atoms with Gasteiger partial charge in [-0.1, -0.05) is 42.1 Å². The van der Waals surface area contributed by atoms with Crippen LogP contribution in [0, 0.1) is 0 Å². The fraction of sp³-hybridized carbons (Fsp3) is 0.414. The molecule has 4 rings (SSSR count). The molecule has 1 fully saturated rings. The Morgan fingerprint density at radius 2 is 1.57 bits per heavy atom. The third kappa shape index (κ3) is 8.01. The lowest BCUT2D eigenvalue weighted by molar-refractivity contribution is -0.211. The van der Waals surface area contributed by atoms with Gasteiger partial charge in [0.25, 0.3) is 0 Å². The van der Waals surface area contributed by atoms with Gasteiger partial charge in [-0.25, -0.2) is 4.98 Å². The SMILES string of the molecule is CC(=O)NC1C(Sc2nc3ccccc3n2CCOc2ccccc2)OC(COC(C)=O)C(OC(C)=O)C1OC(C)=O. The monoisotopic (exact) mass is 599 g/mol. The van der Waals surface area contributed by atoms with Crippen molar-refractivity contribution in [2.75, 3.05) is 13.2 Å². The van der Waals surface area contributed by atoms with E-state index in [1.54, 1.807) is 0 Å². The highest BCUT2D eigenvalue weighted by Crippen LogP contribution is 2.37. The standard InChI is InChI=1S/C29H33N3O9S/c1-17(33)30-25-27(40-20(4)36)26(39-19(3)35)24(16-38-18(2)34)41-28(25)42-29-31-22-12-8-9-13-23(22)32(29)14-15-37-21-10-6-5-7-11-21/h5-13,24-28H,14-16H2,1-4H3,(H,30,33). The first-order valence-corrected chi connectivity index (χ1v) is 14.2. The second-order valence-corrected chi connectivity index (χ2v) is 10.6. The fourth-order valence-electron chi connectivity index (χ4n) is 4.63. The lowest BCUT2D eigenvalue weighted by Crippen LogP contribution is -2.65. The van der Waals surface area contributed by atoms with Crippen molar-refractivity contribution in [2.24, 2.45) is 0 Å². The van der Waals surface area contributed by atoms with E-state index >= 15 is 0 Å². The average molecular weight is 600 g/mol. The van der Waals surface area contributed by atoms with Gasteiger partial charge in [-0.2, -0.15) is 0 Å². The Morgan fingerprint density at radius 3 is 2.24 bits per heavy atom. The highest BCUT2D eigenvalue weighted by atomic mass is 32.2. The second-order valence-electron chi connectivity index (χ2n) is 9.53. The highest BCUT2D eigenvalue weighted by molar-refractivity contribution is 7.99. The number of ether oxygens (including phenoxy) is 5. The molecule has 5 unspecified atom stereocenters. The topological polar surface area (TPSA) is 144 Å². The quantitative estimate of drug-likeness (QED) is 0.257. The third-order valence-electron chi connectivity index (χ3n) is 6.24. The summed E-state index contributed by atoms with van der Waals surface area (Å²) in [6, 6.07) is 16.1. The molecular formula is C29H33N3O9S. The number of rotatable bonds is 11. The maximum absolute atomic E-state index is 12.3. The number of aromatic nitrogens is 2. The fourth-order valence-corrected chi connectivity index (χ4v) is 5.87. The van der Waals surface area contributed by atoms with Crippen LogP contribution >= 0.6 is 11.8 Å². The number of benzene rings is 2. The van der Waals surface area contributed by atoms with Gasteiger partial charge in [-0.05, 0) is 24.3 Å². The van der Waals surface area contributed by atoms with Crippen molar-refractivity contribution in [3.63, 3.8) is 0 Å². The predicted molar refractivity (Wildman–Crippen MR) is 152 cm³/mol. The van der Waals surface area contributed by atoms with Gasteiger partial charge in [0.15, 0.2) is 17.4 Å². The minimum absolute atomic E-state index is 0.282. The molecule has 2 aromatic carbocycles. The van der Waals surface area contributed by atoms with Crippen LogP contribution in [-0.2, 0) is 44.7 Å². The Balaban J connectivity index is 1.69. The van der Waals surface area contributed by atoms with Crippen LogP contribution in [0.3, 0.4) is 0 Å². The van der Waals surface area contributed by atoms with E-state index in [1.807, 2.05) is 59.2 Å². The largest absolute Gasteiger partial charge is 0.492 e. The van der Waals surface area contributed by atoms with Gasteiger partial charge in [0.05, 0.1) is 17.6 Å². The normalized spacial score (nSPS) is 21.8. The molecule has 2 heterocycles. The molecule has 0 saturated carbocycles. The summed E-state index contributed by atoms with van der Waals surface area (Å²) in [6.45, 7) is 5.46. The third-order valence-corrected chi connectivity index (χ3v) is 7.40. The minimum atomic E-state index is -1.17. The lowest BCUT2D eigenvalue weighted by Gasteiger charge is -2.44. The first-order chi connectivity index (χ1) is 20.1. The molecule has 1 saturated heterocycles. The molecule has 42 heavy (non-hydrogen) atoms. The van der Waals surface area contributed by atoms with Crippen LogP contribution in [0.15, 0.2) is 59.8 Å². The maximum Gasteiger partial charge on any atom is 0.303 e. The first-order valence-electron chi connectivity index (χ1n) is 13.3. The molecule has 0 radical (unpaired) electrons. The van der Waals surface area contributed by atoms with Crippen LogP contribution in [0.2, 0.25) is 0 Å². The molecule has 224 valence electrons. The van der Waals surface area contributed by atoms with Crippen LogP contribution in [0.1, 0.15) is 27.7 Å². The first kappa shape index (κ1) is 30.8. The number of carbonyl (C=O) groups excluding carboxylic acids is 4. The molecule has 13 heteroatoms. The predicted octanol–water partition coefficient (Wildman–Crippen LogP) is 2.86. The summed E-state index contributed by atoms with van der Waals surface area (Å²) in [5.41, 5.74) is 0.697. The number of hydrogen-bond acceptors (Lipinski definition) is 11. The maximum atomic E-state index is 12.3. The van der Waals surface area contributed by atoms with E-state index in [0.29, 0.717) is 18.3 Å². The molecule has 1 amide bonds. The minimum Gasteiger partial charge on any atom is -0.492 e. The molecule has 1 aliphatic rings. The van der Waals surface area contributed by atoms with E-state index in [4.69, 9.17) is 28.7 Å². The average Bonchev–Trinajstić information content (AvgIpc) is 3.27. The Kier molecular flexibility index (Phi) is 10.4. The van der Waals surface area contributed by atoms with Crippen LogP contribution in [0.4, 0.5) is 0 Å². The van der Waals surface area contributed by atoms with Crippen molar-refractivity contribution in [1.29, 1.82) is 0 Å². The van der Waals surface area contributed by atoms with Gasteiger partial charge < -0.3 is 33.6 Å². The lowest BCUT2D eigenvalue weighted by atomic mass is 9.97. The van der Waals surface area contributed by atoms with Crippen LogP contribution in [0.25, 0.3) is 11.0 Å². The van der Waals surface area contributed by atoms with Crippen LogP contribution in [-0.4, -0.2) is 76.4 Å². The summed E-state index contributed by atoms with van der Waals surface area (Å²) in [6.07, 6.45) is -3.33. The second kappa shape index (κ2) is 14.2. The Hall–Kier alpha value is -4.10. The zero-order valence-electron chi connectivity index (χ0n) is 23.7. The van der Waals surface area contributed by atoms with Gasteiger partial charge >= 0.3 is 17.9 Å². The molecule has 1 aliphatic heterocycles. The smallest absolute Gasteiger partial charge is 0.303 e. The number of thioether (sulfide) groups is 1. The summed E-state index contributed by atoms with van der Waals surface area (Å²) in [5, 5.41) is 3.34. The van der Waals surface area contributed by atoms with Crippen LogP contribution < -0.4 is 10.1 Å². The number of para-hydroxylation sites is 3. The van der Waals surface area contributed by atoms with E-state index in [2.05, 4.69) is 5.32 Å². The zero-order valence-corrected chi connectivity index (χ0v) is 24.5. The Morgan fingerprint density at radius 1 is 0.905 bits per heavy atom.